The molecule has 1 saturated carbocycles. The van der Waals surface area contributed by atoms with Gasteiger partial charge in [-0.1, -0.05) is 11.6 Å². The summed E-state index contributed by atoms with van der Waals surface area (Å²) >= 11 is 6.05. The highest BCUT2D eigenvalue weighted by atomic mass is 35.5. The molecule has 1 aromatic rings. The largest absolute Gasteiger partial charge is 0.383 e. The maximum absolute atomic E-state index is 12.1. The van der Waals surface area contributed by atoms with Gasteiger partial charge in [-0.3, -0.25) is 4.79 Å². The average Bonchev–Trinajstić information content (AvgIpc) is 3.24. The van der Waals surface area contributed by atoms with Crippen molar-refractivity contribution in [3.8, 4) is 0 Å². The average molecular weight is 326 g/mol. The van der Waals surface area contributed by atoms with Gasteiger partial charge in [0.15, 0.2) is 0 Å². The lowest BCUT2D eigenvalue weighted by Gasteiger charge is -2.14. The summed E-state index contributed by atoms with van der Waals surface area (Å²) in [6.07, 6.45) is 2.00. The van der Waals surface area contributed by atoms with E-state index in [4.69, 9.17) is 16.3 Å². The molecule has 1 unspecified atom stereocenters. The van der Waals surface area contributed by atoms with E-state index in [0.29, 0.717) is 22.9 Å². The number of ether oxygens (including phenoxy) is 1. The highest BCUT2D eigenvalue weighted by Crippen LogP contribution is 2.23. The summed E-state index contributed by atoms with van der Waals surface area (Å²) < 4.78 is 4.95. The van der Waals surface area contributed by atoms with Crippen LogP contribution in [0.15, 0.2) is 18.2 Å². The van der Waals surface area contributed by atoms with Gasteiger partial charge in [-0.25, -0.2) is 4.79 Å². The van der Waals surface area contributed by atoms with E-state index < -0.39 is 0 Å². The number of methoxy groups -OCH3 is 1. The van der Waals surface area contributed by atoms with Crippen LogP contribution in [0.4, 0.5) is 10.5 Å². The van der Waals surface area contributed by atoms with Gasteiger partial charge in [-0.05, 0) is 38.0 Å². The van der Waals surface area contributed by atoms with Crippen molar-refractivity contribution >= 4 is 29.2 Å². The van der Waals surface area contributed by atoms with Gasteiger partial charge >= 0.3 is 6.03 Å². The van der Waals surface area contributed by atoms with Crippen molar-refractivity contribution in [1.29, 1.82) is 0 Å². The quantitative estimate of drug-likeness (QED) is 0.751. The number of amides is 3. The normalized spacial score (nSPS) is 15.0. The van der Waals surface area contributed by atoms with E-state index in [0.717, 1.165) is 12.8 Å². The minimum absolute atomic E-state index is 0.116. The monoisotopic (exact) mass is 325 g/mol. The predicted molar refractivity (Wildman–Crippen MR) is 85.4 cm³/mol. The molecule has 1 aliphatic rings. The van der Waals surface area contributed by atoms with Crippen LogP contribution in [-0.2, 0) is 4.74 Å². The van der Waals surface area contributed by atoms with Crippen LogP contribution in [0.25, 0.3) is 0 Å². The summed E-state index contributed by atoms with van der Waals surface area (Å²) in [7, 11) is 1.57. The first-order valence-electron chi connectivity index (χ1n) is 7.16. The molecule has 0 spiro atoms. The molecule has 0 radical (unpaired) electrons. The van der Waals surface area contributed by atoms with Crippen LogP contribution in [0.1, 0.15) is 30.1 Å². The zero-order chi connectivity index (χ0) is 16.1. The predicted octanol–water partition coefficient (Wildman–Crippen LogP) is 2.39. The number of carbonyl (C=O) groups is 2. The molecule has 120 valence electrons. The molecule has 7 heteroatoms. The lowest BCUT2D eigenvalue weighted by molar-refractivity contribution is 0.0951. The SMILES string of the molecule is COCC(C)NC(=O)Nc1ccc(Cl)c(C(=O)NC2CC2)c1. The van der Waals surface area contributed by atoms with Gasteiger partial charge in [0.25, 0.3) is 5.91 Å². The number of hydrogen-bond donors (Lipinski definition) is 3. The molecule has 0 heterocycles. The second-order valence-corrected chi connectivity index (χ2v) is 5.80. The topological polar surface area (TPSA) is 79.5 Å². The van der Waals surface area contributed by atoms with E-state index in [-0.39, 0.29) is 24.0 Å². The van der Waals surface area contributed by atoms with Crippen molar-refractivity contribution in [3.63, 3.8) is 0 Å². The molecule has 2 rings (SSSR count). The molecule has 1 aliphatic carbocycles. The Balaban J connectivity index is 1.99. The summed E-state index contributed by atoms with van der Waals surface area (Å²) in [6, 6.07) is 4.59. The van der Waals surface area contributed by atoms with Crippen LogP contribution in [0.3, 0.4) is 0 Å². The van der Waals surface area contributed by atoms with Gasteiger partial charge in [-0.15, -0.1) is 0 Å². The van der Waals surface area contributed by atoms with E-state index in [2.05, 4.69) is 16.0 Å². The van der Waals surface area contributed by atoms with Gasteiger partial charge < -0.3 is 20.7 Å². The first-order valence-corrected chi connectivity index (χ1v) is 7.54. The summed E-state index contributed by atoms with van der Waals surface area (Å²) in [5.41, 5.74) is 0.865. The Hall–Kier alpha value is -1.79. The van der Waals surface area contributed by atoms with Crippen LogP contribution in [0, 0.1) is 0 Å². The maximum atomic E-state index is 12.1. The van der Waals surface area contributed by atoms with E-state index in [9.17, 15) is 9.59 Å². The molecule has 0 aliphatic heterocycles. The fraction of sp³-hybridized carbons (Fsp3) is 0.467. The molecule has 1 fully saturated rings. The number of anilines is 1. The first-order chi connectivity index (χ1) is 10.5. The van der Waals surface area contributed by atoms with Gasteiger partial charge in [0.05, 0.1) is 23.2 Å². The minimum atomic E-state index is -0.361. The fourth-order valence-electron chi connectivity index (χ4n) is 1.95. The Labute approximate surface area is 134 Å². The molecular formula is C15H20ClN3O3. The Morgan fingerprint density at radius 1 is 1.41 bits per heavy atom. The van der Waals surface area contributed by atoms with E-state index in [1.54, 1.807) is 25.3 Å². The smallest absolute Gasteiger partial charge is 0.319 e. The minimum Gasteiger partial charge on any atom is -0.383 e. The summed E-state index contributed by atoms with van der Waals surface area (Å²) in [4.78, 5) is 23.9. The Bertz CT molecular complexity index is 561. The third kappa shape index (κ3) is 4.89. The van der Waals surface area contributed by atoms with Crippen molar-refractivity contribution in [2.45, 2.75) is 31.8 Å². The molecule has 3 N–H and O–H groups in total. The third-order valence-electron chi connectivity index (χ3n) is 3.18. The molecule has 22 heavy (non-hydrogen) atoms. The number of rotatable bonds is 6. The van der Waals surface area contributed by atoms with Crippen molar-refractivity contribution in [3.05, 3.63) is 28.8 Å². The Morgan fingerprint density at radius 2 is 2.14 bits per heavy atom. The lowest BCUT2D eigenvalue weighted by atomic mass is 10.2. The van der Waals surface area contributed by atoms with E-state index in [1.165, 1.54) is 0 Å². The van der Waals surface area contributed by atoms with Crippen LogP contribution >= 0.6 is 11.6 Å². The van der Waals surface area contributed by atoms with E-state index in [1.807, 2.05) is 6.92 Å². The van der Waals surface area contributed by atoms with Crippen molar-refractivity contribution in [1.82, 2.24) is 10.6 Å². The Morgan fingerprint density at radius 3 is 2.77 bits per heavy atom. The number of nitrogens with one attached hydrogen (secondary N) is 3. The number of carbonyl (C=O) groups excluding carboxylic acids is 2. The third-order valence-corrected chi connectivity index (χ3v) is 3.51. The number of hydrogen-bond acceptors (Lipinski definition) is 3. The van der Waals surface area contributed by atoms with E-state index >= 15 is 0 Å². The lowest BCUT2D eigenvalue weighted by Crippen LogP contribution is -2.38. The number of halogens is 1. The zero-order valence-corrected chi connectivity index (χ0v) is 13.4. The summed E-state index contributed by atoms with van der Waals surface area (Å²) in [6.45, 7) is 2.25. The van der Waals surface area contributed by atoms with Crippen molar-refractivity contribution in [2.24, 2.45) is 0 Å². The van der Waals surface area contributed by atoms with Crippen LogP contribution in [-0.4, -0.2) is 37.7 Å². The first kappa shape index (κ1) is 16.6. The summed E-state index contributed by atoms with van der Waals surface area (Å²) in [5.74, 6) is -0.218. The number of urea groups is 1. The molecule has 3 amide bonds. The Kier molecular flexibility index (Phi) is 5.63. The highest BCUT2D eigenvalue weighted by Gasteiger charge is 2.24. The molecule has 6 nitrogen and oxygen atoms in total. The molecule has 0 saturated heterocycles. The van der Waals surface area contributed by atoms with Gasteiger partial charge in [-0.2, -0.15) is 0 Å². The van der Waals surface area contributed by atoms with Crippen LogP contribution in [0.5, 0.6) is 0 Å². The van der Waals surface area contributed by atoms with Crippen molar-refractivity contribution in [2.75, 3.05) is 19.0 Å². The van der Waals surface area contributed by atoms with Crippen LogP contribution in [0.2, 0.25) is 5.02 Å². The summed E-state index contributed by atoms with van der Waals surface area (Å²) in [5, 5.41) is 8.64. The second kappa shape index (κ2) is 7.47. The number of benzene rings is 1. The molecule has 1 aromatic carbocycles. The molecular weight excluding hydrogens is 306 g/mol. The van der Waals surface area contributed by atoms with Crippen molar-refractivity contribution < 1.29 is 14.3 Å². The van der Waals surface area contributed by atoms with Crippen LogP contribution < -0.4 is 16.0 Å². The standard InChI is InChI=1S/C15H20ClN3O3/c1-9(8-22-2)17-15(21)19-11-5-6-13(16)12(7-11)14(20)18-10-3-4-10/h5-7,9-10H,3-4,8H2,1-2H3,(H,18,20)(H2,17,19,21). The maximum Gasteiger partial charge on any atom is 0.319 e. The molecule has 0 bridgehead atoms. The van der Waals surface area contributed by atoms with Gasteiger partial charge in [0.2, 0.25) is 0 Å². The van der Waals surface area contributed by atoms with Gasteiger partial charge in [0.1, 0.15) is 0 Å². The second-order valence-electron chi connectivity index (χ2n) is 5.40. The fourth-order valence-corrected chi connectivity index (χ4v) is 2.15. The highest BCUT2D eigenvalue weighted by molar-refractivity contribution is 6.34. The molecule has 1 atom stereocenters. The zero-order valence-electron chi connectivity index (χ0n) is 12.6. The van der Waals surface area contributed by atoms with Gasteiger partial charge in [0, 0.05) is 18.8 Å². The molecule has 0 aromatic heterocycles.